The first-order valence-electron chi connectivity index (χ1n) is 11.5. The summed E-state index contributed by atoms with van der Waals surface area (Å²) in [7, 11) is 1.73. The third-order valence-corrected chi connectivity index (χ3v) is 6.24. The molecule has 5 rings (SSSR count). The lowest BCUT2D eigenvalue weighted by atomic mass is 9.92. The molecule has 0 aliphatic heterocycles. The van der Waals surface area contributed by atoms with Crippen LogP contribution in [0.15, 0.2) is 53.6 Å². The molecular weight excluding hydrogens is 412 g/mol. The molecule has 2 N–H and O–H groups in total. The number of aromatic nitrogens is 4. The largest absolute Gasteiger partial charge is 0.382 e. The van der Waals surface area contributed by atoms with Gasteiger partial charge < -0.3 is 10.6 Å². The second-order valence-electron chi connectivity index (χ2n) is 8.59. The van der Waals surface area contributed by atoms with E-state index in [1.807, 2.05) is 12.1 Å². The topological polar surface area (TPSA) is 84.7 Å². The highest BCUT2D eigenvalue weighted by Crippen LogP contribution is 2.33. The van der Waals surface area contributed by atoms with Crippen LogP contribution in [0.3, 0.4) is 0 Å². The molecule has 0 bridgehead atoms. The highest BCUT2D eigenvalue weighted by Gasteiger charge is 2.18. The summed E-state index contributed by atoms with van der Waals surface area (Å²) < 4.78 is 1.54. The molecule has 0 amide bonds. The molecule has 1 aliphatic rings. The minimum Gasteiger partial charge on any atom is -0.382 e. The summed E-state index contributed by atoms with van der Waals surface area (Å²) >= 11 is 0. The van der Waals surface area contributed by atoms with E-state index in [-0.39, 0.29) is 5.56 Å². The lowest BCUT2D eigenvalue weighted by molar-refractivity contribution is 0.672. The Balaban J connectivity index is 1.36. The van der Waals surface area contributed by atoms with Gasteiger partial charge in [-0.2, -0.15) is 0 Å². The van der Waals surface area contributed by atoms with Gasteiger partial charge in [0.2, 0.25) is 5.95 Å². The van der Waals surface area contributed by atoms with Gasteiger partial charge in [0.25, 0.3) is 5.56 Å². The Morgan fingerprint density at radius 1 is 0.970 bits per heavy atom. The number of pyridine rings is 2. The summed E-state index contributed by atoms with van der Waals surface area (Å²) in [5, 5.41) is 8.16. The molecule has 0 radical (unpaired) electrons. The molecule has 0 fully saturated rings. The molecule has 33 heavy (non-hydrogen) atoms. The molecule has 0 unspecified atom stereocenters. The van der Waals surface area contributed by atoms with Gasteiger partial charge in [0, 0.05) is 60.9 Å². The molecule has 168 valence electrons. The maximum atomic E-state index is 12.5. The van der Waals surface area contributed by atoms with Crippen LogP contribution in [-0.2, 0) is 19.9 Å². The fourth-order valence-corrected chi connectivity index (χ4v) is 4.47. The Morgan fingerprint density at radius 3 is 2.61 bits per heavy atom. The van der Waals surface area contributed by atoms with Crippen molar-refractivity contribution < 1.29 is 0 Å². The number of nitrogens with zero attached hydrogens (tertiary/aromatic N) is 4. The van der Waals surface area contributed by atoms with E-state index in [0.29, 0.717) is 24.7 Å². The number of benzene rings is 1. The van der Waals surface area contributed by atoms with Gasteiger partial charge in [0.1, 0.15) is 0 Å². The monoisotopic (exact) mass is 440 g/mol. The van der Waals surface area contributed by atoms with Gasteiger partial charge in [0.15, 0.2) is 0 Å². The zero-order chi connectivity index (χ0) is 22.8. The smallest absolute Gasteiger partial charge is 0.255 e. The number of hydrogen-bond acceptors (Lipinski definition) is 6. The predicted molar refractivity (Wildman–Crippen MR) is 133 cm³/mol. The molecule has 1 aromatic carbocycles. The highest BCUT2D eigenvalue weighted by molar-refractivity contribution is 5.94. The van der Waals surface area contributed by atoms with Gasteiger partial charge in [0.05, 0.1) is 11.2 Å². The average molecular weight is 441 g/mol. The third kappa shape index (κ3) is 4.31. The second kappa shape index (κ2) is 9.02. The van der Waals surface area contributed by atoms with Crippen molar-refractivity contribution in [3.8, 4) is 11.3 Å². The van der Waals surface area contributed by atoms with Crippen molar-refractivity contribution in [1.29, 1.82) is 0 Å². The molecule has 3 heterocycles. The fourth-order valence-electron chi connectivity index (χ4n) is 4.47. The molecule has 7 heteroatoms. The van der Waals surface area contributed by atoms with Crippen LogP contribution in [0.4, 0.5) is 11.6 Å². The van der Waals surface area contributed by atoms with Crippen LogP contribution >= 0.6 is 0 Å². The molecule has 0 spiro atoms. The fraction of sp³-hybridized carbons (Fsp3) is 0.308. The van der Waals surface area contributed by atoms with Crippen LogP contribution in [0.25, 0.3) is 22.2 Å². The standard InChI is InChI=1S/C26H28N6O/c1-17-7-8-20-23(15-17)30-21-6-4-3-5-19(21)25(20)28-13-14-29-26-31-22(16-24(33)32(26)2)18-9-11-27-12-10-18/h7-12,15-16H,3-6,13-14H2,1-2H3,(H,28,30)(H,29,31). The van der Waals surface area contributed by atoms with Crippen LogP contribution in [0.1, 0.15) is 29.7 Å². The van der Waals surface area contributed by atoms with E-state index < -0.39 is 0 Å². The van der Waals surface area contributed by atoms with Crippen LogP contribution in [0.5, 0.6) is 0 Å². The van der Waals surface area contributed by atoms with Gasteiger partial charge in [-0.1, -0.05) is 12.1 Å². The zero-order valence-electron chi connectivity index (χ0n) is 19.1. The van der Waals surface area contributed by atoms with Crippen molar-refractivity contribution in [3.05, 3.63) is 76.0 Å². The molecule has 1 aliphatic carbocycles. The minimum absolute atomic E-state index is 0.100. The van der Waals surface area contributed by atoms with Gasteiger partial charge in [-0.05, 0) is 61.9 Å². The lowest BCUT2D eigenvalue weighted by Crippen LogP contribution is -2.24. The van der Waals surface area contributed by atoms with Gasteiger partial charge in [-0.15, -0.1) is 0 Å². The quantitative estimate of drug-likeness (QED) is 0.439. The number of nitrogens with one attached hydrogen (secondary N) is 2. The SMILES string of the molecule is Cc1ccc2c(NCCNc3nc(-c4ccncc4)cc(=O)n3C)c3c(nc2c1)CCCC3. The molecule has 0 saturated heterocycles. The van der Waals surface area contributed by atoms with Crippen molar-refractivity contribution in [1.82, 2.24) is 19.5 Å². The van der Waals surface area contributed by atoms with E-state index in [0.717, 1.165) is 23.9 Å². The van der Waals surface area contributed by atoms with Crippen LogP contribution in [0.2, 0.25) is 0 Å². The Labute approximate surface area is 192 Å². The summed E-state index contributed by atoms with van der Waals surface area (Å²) in [6.07, 6.45) is 7.91. The first kappa shape index (κ1) is 21.1. The van der Waals surface area contributed by atoms with E-state index in [4.69, 9.17) is 4.98 Å². The summed E-state index contributed by atoms with van der Waals surface area (Å²) in [4.78, 5) is 26.1. The second-order valence-corrected chi connectivity index (χ2v) is 8.59. The Morgan fingerprint density at radius 2 is 1.76 bits per heavy atom. The molecule has 4 aromatic rings. The minimum atomic E-state index is -0.100. The van der Waals surface area contributed by atoms with E-state index in [1.54, 1.807) is 25.5 Å². The maximum absolute atomic E-state index is 12.5. The Hall–Kier alpha value is -3.74. The molecule has 7 nitrogen and oxygen atoms in total. The predicted octanol–water partition coefficient (Wildman–Crippen LogP) is 4.10. The van der Waals surface area contributed by atoms with E-state index in [2.05, 4.69) is 45.7 Å². The Kier molecular flexibility index (Phi) is 5.77. The zero-order valence-corrected chi connectivity index (χ0v) is 19.1. The van der Waals surface area contributed by atoms with Crippen molar-refractivity contribution in [3.63, 3.8) is 0 Å². The van der Waals surface area contributed by atoms with Crippen molar-refractivity contribution in [2.45, 2.75) is 32.6 Å². The van der Waals surface area contributed by atoms with Crippen LogP contribution in [-0.4, -0.2) is 32.6 Å². The van der Waals surface area contributed by atoms with Gasteiger partial charge in [-0.25, -0.2) is 4.98 Å². The van der Waals surface area contributed by atoms with E-state index in [9.17, 15) is 4.79 Å². The number of rotatable bonds is 6. The number of anilines is 2. The molecule has 0 atom stereocenters. The number of fused-ring (bicyclic) bond motifs is 2. The average Bonchev–Trinajstić information content (AvgIpc) is 2.83. The van der Waals surface area contributed by atoms with E-state index >= 15 is 0 Å². The molecular formula is C26H28N6O. The number of hydrogen-bond donors (Lipinski definition) is 2. The van der Waals surface area contributed by atoms with Crippen LogP contribution in [0, 0.1) is 6.92 Å². The van der Waals surface area contributed by atoms with Gasteiger partial charge in [-0.3, -0.25) is 19.3 Å². The van der Waals surface area contributed by atoms with Crippen molar-refractivity contribution in [2.75, 3.05) is 23.7 Å². The Bertz CT molecular complexity index is 1360. The van der Waals surface area contributed by atoms with Crippen molar-refractivity contribution >= 4 is 22.5 Å². The molecule has 3 aromatic heterocycles. The first-order valence-corrected chi connectivity index (χ1v) is 11.5. The summed E-state index contributed by atoms with van der Waals surface area (Å²) in [6, 6.07) is 11.7. The normalized spacial score (nSPS) is 13.0. The van der Waals surface area contributed by atoms with E-state index in [1.165, 1.54) is 45.3 Å². The summed E-state index contributed by atoms with van der Waals surface area (Å²) in [5.74, 6) is 0.549. The highest BCUT2D eigenvalue weighted by atomic mass is 16.1. The summed E-state index contributed by atoms with van der Waals surface area (Å²) in [6.45, 7) is 3.44. The summed E-state index contributed by atoms with van der Waals surface area (Å²) in [5.41, 5.74) is 7.46. The molecule has 0 saturated carbocycles. The third-order valence-electron chi connectivity index (χ3n) is 6.24. The van der Waals surface area contributed by atoms with Gasteiger partial charge >= 0.3 is 0 Å². The lowest BCUT2D eigenvalue weighted by Gasteiger charge is -2.22. The van der Waals surface area contributed by atoms with Crippen LogP contribution < -0.4 is 16.2 Å². The first-order chi connectivity index (χ1) is 16.1. The van der Waals surface area contributed by atoms with Crippen molar-refractivity contribution in [2.24, 2.45) is 7.05 Å². The maximum Gasteiger partial charge on any atom is 0.255 e. The number of aryl methyl sites for hydroxylation is 2.